The molecule has 0 aliphatic rings. The summed E-state index contributed by atoms with van der Waals surface area (Å²) in [6.45, 7) is 1.92. The molecule has 0 aliphatic carbocycles. The Labute approximate surface area is 88.7 Å². The molecule has 0 amide bonds. The fourth-order valence-electron chi connectivity index (χ4n) is 1.20. The van der Waals surface area contributed by atoms with Crippen LogP contribution in [0, 0.1) is 18.2 Å². The van der Waals surface area contributed by atoms with Crippen LogP contribution in [0.4, 0.5) is 4.39 Å². The summed E-state index contributed by atoms with van der Waals surface area (Å²) in [4.78, 5) is 0. The Morgan fingerprint density at radius 1 is 1.60 bits per heavy atom. The quantitative estimate of drug-likeness (QED) is 0.607. The van der Waals surface area contributed by atoms with Crippen LogP contribution >= 0.6 is 0 Å². The third-order valence-corrected chi connectivity index (χ3v) is 1.93. The Morgan fingerprint density at radius 2 is 2.33 bits per heavy atom. The summed E-state index contributed by atoms with van der Waals surface area (Å²) >= 11 is 0. The molecule has 1 atom stereocenters. The van der Waals surface area contributed by atoms with Crippen molar-refractivity contribution in [2.24, 2.45) is 0 Å². The molecule has 2 nitrogen and oxygen atoms in total. The van der Waals surface area contributed by atoms with Gasteiger partial charge in [-0.2, -0.15) is 0 Å². The maximum atomic E-state index is 12.9. The first-order valence-electron chi connectivity index (χ1n) is 4.69. The van der Waals surface area contributed by atoms with Crippen molar-refractivity contribution in [3.05, 3.63) is 29.6 Å². The highest BCUT2D eigenvalue weighted by atomic mass is 19.1. The summed E-state index contributed by atoms with van der Waals surface area (Å²) in [7, 11) is 0. The zero-order chi connectivity index (χ0) is 11.3. The van der Waals surface area contributed by atoms with Crippen molar-refractivity contribution in [1.82, 2.24) is 0 Å². The lowest BCUT2D eigenvalue weighted by atomic mass is 10.1. The van der Waals surface area contributed by atoms with Crippen LogP contribution in [0.3, 0.4) is 0 Å². The highest BCUT2D eigenvalue weighted by molar-refractivity contribution is 5.35. The lowest BCUT2D eigenvalue weighted by molar-refractivity contribution is 0.191. The first kappa shape index (κ1) is 11.5. The largest absolute Gasteiger partial charge is 0.492 e. The second-order valence-corrected chi connectivity index (χ2v) is 3.16. The molecule has 1 unspecified atom stereocenters. The van der Waals surface area contributed by atoms with Crippen molar-refractivity contribution in [1.29, 1.82) is 0 Å². The molecule has 1 aromatic carbocycles. The second-order valence-electron chi connectivity index (χ2n) is 3.16. The molecule has 1 N–H and O–H groups in total. The van der Waals surface area contributed by atoms with Crippen LogP contribution in [-0.4, -0.2) is 11.7 Å². The summed E-state index contributed by atoms with van der Waals surface area (Å²) in [5.74, 6) is 2.37. The third kappa shape index (κ3) is 3.26. The van der Waals surface area contributed by atoms with E-state index in [0.717, 1.165) is 0 Å². The normalized spacial score (nSPS) is 11.9. The Hall–Kier alpha value is -1.53. The second kappa shape index (κ2) is 5.38. The summed E-state index contributed by atoms with van der Waals surface area (Å²) < 4.78 is 18.2. The number of benzene rings is 1. The highest BCUT2D eigenvalue weighted by Gasteiger charge is 2.09. The van der Waals surface area contributed by atoms with Crippen molar-refractivity contribution in [2.45, 2.75) is 19.4 Å². The molecule has 0 saturated heterocycles. The molecule has 0 aromatic heterocycles. The van der Waals surface area contributed by atoms with Gasteiger partial charge in [-0.1, -0.05) is 0 Å². The van der Waals surface area contributed by atoms with Gasteiger partial charge in [0.2, 0.25) is 0 Å². The lowest BCUT2D eigenvalue weighted by Crippen LogP contribution is -2.02. The van der Waals surface area contributed by atoms with Gasteiger partial charge in [0.15, 0.2) is 0 Å². The van der Waals surface area contributed by atoms with Crippen LogP contribution in [0.25, 0.3) is 0 Å². The van der Waals surface area contributed by atoms with Gasteiger partial charge in [-0.05, 0) is 19.1 Å². The average molecular weight is 208 g/mol. The number of aliphatic hydroxyl groups excluding tert-OH is 1. The third-order valence-electron chi connectivity index (χ3n) is 1.93. The van der Waals surface area contributed by atoms with Gasteiger partial charge in [0, 0.05) is 18.1 Å². The summed E-state index contributed by atoms with van der Waals surface area (Å²) in [5.41, 5.74) is 0.563. The smallest absolute Gasteiger partial charge is 0.128 e. The minimum Gasteiger partial charge on any atom is -0.492 e. The highest BCUT2D eigenvalue weighted by Crippen LogP contribution is 2.25. The minimum absolute atomic E-state index is 0.319. The molecule has 0 saturated carbocycles. The molecule has 0 heterocycles. The van der Waals surface area contributed by atoms with Crippen LogP contribution in [0.5, 0.6) is 5.75 Å². The number of halogens is 1. The lowest BCUT2D eigenvalue weighted by Gasteiger charge is -2.12. The van der Waals surface area contributed by atoms with E-state index in [4.69, 9.17) is 11.2 Å². The van der Waals surface area contributed by atoms with Gasteiger partial charge in [0.05, 0.1) is 12.7 Å². The van der Waals surface area contributed by atoms with Gasteiger partial charge in [-0.3, -0.25) is 0 Å². The zero-order valence-electron chi connectivity index (χ0n) is 8.53. The summed E-state index contributed by atoms with van der Waals surface area (Å²) in [6.07, 6.45) is 4.83. The monoisotopic (exact) mass is 208 g/mol. The van der Waals surface area contributed by atoms with Crippen molar-refractivity contribution in [3.63, 3.8) is 0 Å². The maximum absolute atomic E-state index is 12.9. The number of terminal acetylenes is 1. The SMILES string of the molecule is C#CCCOc1cc(F)ccc1C(C)O. The molecule has 0 radical (unpaired) electrons. The van der Waals surface area contributed by atoms with Gasteiger partial charge in [0.1, 0.15) is 11.6 Å². The average Bonchev–Trinajstić information content (AvgIpc) is 2.18. The molecule has 3 heteroatoms. The standard InChI is InChI=1S/C12H13FO2/c1-3-4-7-15-12-8-10(13)5-6-11(12)9(2)14/h1,5-6,8-9,14H,4,7H2,2H3. The van der Waals surface area contributed by atoms with Crippen molar-refractivity contribution < 1.29 is 14.2 Å². The van der Waals surface area contributed by atoms with Crippen molar-refractivity contribution in [3.8, 4) is 18.1 Å². The van der Waals surface area contributed by atoms with Crippen LogP contribution in [0.15, 0.2) is 18.2 Å². The van der Waals surface area contributed by atoms with E-state index >= 15 is 0 Å². The van der Waals surface area contributed by atoms with Crippen LogP contribution in [0.1, 0.15) is 25.0 Å². The van der Waals surface area contributed by atoms with E-state index in [0.29, 0.717) is 24.3 Å². The Kier molecular flexibility index (Phi) is 4.14. The first-order chi connectivity index (χ1) is 7.15. The predicted octanol–water partition coefficient (Wildman–Crippen LogP) is 2.28. The van der Waals surface area contributed by atoms with Crippen LogP contribution in [0.2, 0.25) is 0 Å². The van der Waals surface area contributed by atoms with Crippen molar-refractivity contribution >= 4 is 0 Å². The van der Waals surface area contributed by atoms with Crippen molar-refractivity contribution in [2.75, 3.05) is 6.61 Å². The van der Waals surface area contributed by atoms with Gasteiger partial charge < -0.3 is 9.84 Å². The minimum atomic E-state index is -0.688. The van der Waals surface area contributed by atoms with E-state index in [9.17, 15) is 9.50 Å². The van der Waals surface area contributed by atoms with E-state index in [2.05, 4.69) is 5.92 Å². The first-order valence-corrected chi connectivity index (χ1v) is 4.69. The van der Waals surface area contributed by atoms with Crippen LogP contribution in [-0.2, 0) is 0 Å². The van der Waals surface area contributed by atoms with E-state index in [1.54, 1.807) is 6.92 Å². The molecule has 0 aliphatic heterocycles. The van der Waals surface area contributed by atoms with E-state index in [1.807, 2.05) is 0 Å². The number of rotatable bonds is 4. The molecular weight excluding hydrogens is 195 g/mol. The van der Waals surface area contributed by atoms with E-state index in [-0.39, 0.29) is 0 Å². The fraction of sp³-hybridized carbons (Fsp3) is 0.333. The van der Waals surface area contributed by atoms with Crippen LogP contribution < -0.4 is 4.74 Å². The molecule has 0 spiro atoms. The topological polar surface area (TPSA) is 29.5 Å². The van der Waals surface area contributed by atoms with Gasteiger partial charge >= 0.3 is 0 Å². The Morgan fingerprint density at radius 3 is 2.93 bits per heavy atom. The molecule has 0 bridgehead atoms. The van der Waals surface area contributed by atoms with E-state index < -0.39 is 11.9 Å². The number of ether oxygens (including phenoxy) is 1. The number of aliphatic hydroxyl groups is 1. The number of hydrogen-bond donors (Lipinski definition) is 1. The van der Waals surface area contributed by atoms with Gasteiger partial charge in [0.25, 0.3) is 0 Å². The zero-order valence-corrected chi connectivity index (χ0v) is 8.53. The summed E-state index contributed by atoms with van der Waals surface area (Å²) in [5, 5.41) is 9.41. The van der Waals surface area contributed by atoms with E-state index in [1.165, 1.54) is 18.2 Å². The predicted molar refractivity (Wildman–Crippen MR) is 56.0 cm³/mol. The van der Waals surface area contributed by atoms with Gasteiger partial charge in [-0.25, -0.2) is 4.39 Å². The molecule has 15 heavy (non-hydrogen) atoms. The Balaban J connectivity index is 2.83. The molecule has 0 fully saturated rings. The molecule has 80 valence electrons. The molecule has 1 rings (SSSR count). The van der Waals surface area contributed by atoms with Gasteiger partial charge in [-0.15, -0.1) is 12.3 Å². The Bertz CT molecular complexity index is 366. The maximum Gasteiger partial charge on any atom is 0.128 e. The fourth-order valence-corrected chi connectivity index (χ4v) is 1.20. The molecular formula is C12H13FO2. The summed E-state index contributed by atoms with van der Waals surface area (Å²) in [6, 6.07) is 4.04. The molecule has 1 aromatic rings. The number of hydrogen-bond acceptors (Lipinski definition) is 2.